The van der Waals surface area contributed by atoms with Crippen LogP contribution < -0.4 is 10.2 Å². The lowest BCUT2D eigenvalue weighted by Gasteiger charge is -2.72. The van der Waals surface area contributed by atoms with E-state index in [4.69, 9.17) is 9.47 Å². The Morgan fingerprint density at radius 3 is 2.15 bits per heavy atom. The van der Waals surface area contributed by atoms with Crippen molar-refractivity contribution < 1.29 is 33.8 Å². The van der Waals surface area contributed by atoms with Crippen molar-refractivity contribution in [2.24, 2.45) is 73.9 Å². The molecule has 364 valence electrons. The predicted molar refractivity (Wildman–Crippen MR) is 258 cm³/mol. The number of benzene rings is 1. The number of allylic oxidation sites excluding steroid dienone is 2. The van der Waals surface area contributed by atoms with Crippen molar-refractivity contribution in [3.63, 3.8) is 0 Å². The number of carboxylic acids is 1. The maximum Gasteiger partial charge on any atom is 0.309 e. The zero-order chi connectivity index (χ0) is 47.2. The summed E-state index contributed by atoms with van der Waals surface area (Å²) in [6, 6.07) is 8.82. The molecule has 9 rings (SSSR count). The van der Waals surface area contributed by atoms with Gasteiger partial charge in [0.25, 0.3) is 5.91 Å². The summed E-state index contributed by atoms with van der Waals surface area (Å²) in [6.45, 7) is 27.7. The van der Waals surface area contributed by atoms with E-state index in [-0.39, 0.29) is 56.7 Å². The number of hydrogen-bond donors (Lipinski definition) is 2. The Morgan fingerprint density at radius 1 is 0.803 bits per heavy atom. The van der Waals surface area contributed by atoms with Gasteiger partial charge in [0, 0.05) is 61.9 Å². The predicted octanol–water partition coefficient (Wildman–Crippen LogP) is 9.99. The molecule has 2 heterocycles. The largest absolute Gasteiger partial charge is 0.481 e. The van der Waals surface area contributed by atoms with Crippen LogP contribution in [0, 0.1) is 73.9 Å². The van der Waals surface area contributed by atoms with Crippen LogP contribution in [0.2, 0.25) is 0 Å². The molecule has 10 nitrogen and oxygen atoms in total. The van der Waals surface area contributed by atoms with Crippen LogP contribution in [-0.4, -0.2) is 92.2 Å². The topological polar surface area (TPSA) is 125 Å². The van der Waals surface area contributed by atoms with Gasteiger partial charge in [-0.2, -0.15) is 0 Å². The molecule has 0 radical (unpaired) electrons. The fourth-order valence-electron chi connectivity index (χ4n) is 17.2. The summed E-state index contributed by atoms with van der Waals surface area (Å²) in [6.07, 6.45) is 12.9. The van der Waals surface area contributed by atoms with E-state index in [1.807, 2.05) is 26.0 Å². The summed E-state index contributed by atoms with van der Waals surface area (Å²) in [5.74, 6) is 0.271. The highest BCUT2D eigenvalue weighted by atomic mass is 16.5. The molecule has 5 saturated carbocycles. The number of hydrogen-bond acceptors (Lipinski definition) is 8. The van der Waals surface area contributed by atoms with Crippen LogP contribution in [0.1, 0.15) is 156 Å². The zero-order valence-corrected chi connectivity index (χ0v) is 42.1. The summed E-state index contributed by atoms with van der Waals surface area (Å²) in [5, 5.41) is 13.0. The van der Waals surface area contributed by atoms with E-state index in [9.17, 15) is 24.3 Å². The molecule has 2 N–H and O–H groups in total. The molecule has 0 aromatic heterocycles. The van der Waals surface area contributed by atoms with Gasteiger partial charge in [0.1, 0.15) is 0 Å². The number of rotatable bonds is 11. The normalized spacial score (nSPS) is 38.7. The number of carbonyl (C=O) groups is 4. The molecule has 0 spiro atoms. The first-order valence-corrected chi connectivity index (χ1v) is 26.3. The lowest BCUT2D eigenvalue weighted by Crippen LogP contribution is -2.65. The van der Waals surface area contributed by atoms with E-state index < -0.39 is 17.3 Å². The lowest BCUT2D eigenvalue weighted by molar-refractivity contribution is -0.224. The van der Waals surface area contributed by atoms with Crippen LogP contribution in [-0.2, 0) is 23.9 Å². The lowest BCUT2D eigenvalue weighted by atomic mass is 9.32. The molecule has 0 bridgehead atoms. The summed E-state index contributed by atoms with van der Waals surface area (Å²) in [4.78, 5) is 58.1. The van der Waals surface area contributed by atoms with Gasteiger partial charge in [-0.25, -0.2) is 0 Å². The quantitative estimate of drug-likeness (QED) is 0.209. The van der Waals surface area contributed by atoms with Gasteiger partial charge >= 0.3 is 11.9 Å². The maximum absolute atomic E-state index is 14.3. The van der Waals surface area contributed by atoms with Crippen LogP contribution in [0.4, 0.5) is 5.69 Å². The summed E-state index contributed by atoms with van der Waals surface area (Å²) in [7, 11) is 0. The molecule has 6 aliphatic carbocycles. The first-order valence-electron chi connectivity index (χ1n) is 26.3. The Kier molecular flexibility index (Phi) is 12.5. The van der Waals surface area contributed by atoms with Crippen molar-refractivity contribution in [1.82, 2.24) is 10.2 Å². The Labute approximate surface area is 396 Å². The van der Waals surface area contributed by atoms with Crippen molar-refractivity contribution in [2.75, 3.05) is 57.4 Å². The Hall–Kier alpha value is -3.24. The summed E-state index contributed by atoms with van der Waals surface area (Å²) < 4.78 is 11.7. The third kappa shape index (κ3) is 7.62. The number of fused-ring (bicyclic) bond motifs is 7. The van der Waals surface area contributed by atoms with Gasteiger partial charge in [0.2, 0.25) is 0 Å². The highest BCUT2D eigenvalue weighted by Crippen LogP contribution is 2.77. The van der Waals surface area contributed by atoms with Crippen LogP contribution in [0.5, 0.6) is 0 Å². The molecule has 10 heteroatoms. The number of morpholine rings is 1. The van der Waals surface area contributed by atoms with E-state index in [1.165, 1.54) is 24.1 Å². The molecule has 1 aromatic rings. The smallest absolute Gasteiger partial charge is 0.309 e. The molecular formula is C56H83N3O7. The number of piperidine rings is 1. The molecule has 1 amide bonds. The second kappa shape index (κ2) is 17.3. The minimum Gasteiger partial charge on any atom is -0.481 e. The SMILES string of the molecule is CC(C)C1=C2C3CC[C@@H]4[C@@]5(C)CCC(COC(=O)[C@H]6C[C@@H](C(=O)O)C6(C)C)C(C)(C)[C@@H]5CC[C@@]4(C)[C@]3(C)CC[C@@]2(CCNC(=O)c2ccc(N3CCC(N4CCOCC4)CC3)cc2)CC1=O. The third-order valence-corrected chi connectivity index (χ3v) is 21.5. The van der Waals surface area contributed by atoms with Crippen molar-refractivity contribution in [3.05, 3.63) is 41.0 Å². The standard InChI is InChI=1S/C56H83N3O7/c1-35(2)46-43(60)33-56(24-25-57-48(61)36-10-12-38(13-11-36)58-26-18-39(19-27-58)59-28-30-65-31-29-59)23-22-54(8)40(47(46)56)14-15-45-53(7)20-16-37(51(3,4)44(53)17-21-55(45,54)9)34-66-50(64)42-32-41(49(62)63)52(42,5)6/h10-13,35,37,39-42,44-45H,14-34H2,1-9H3,(H,57,61)(H,62,63)/t37?,40?,41-,42+,44-,45+,53-,54+,55+,56+/m0/s1. The number of ether oxygens (including phenoxy) is 2. The molecule has 7 fully saturated rings. The van der Waals surface area contributed by atoms with Gasteiger partial charge in [-0.1, -0.05) is 67.9 Å². The maximum atomic E-state index is 14.3. The zero-order valence-electron chi connectivity index (χ0n) is 42.1. The number of esters is 1. The highest BCUT2D eigenvalue weighted by molar-refractivity contribution is 6.00. The van der Waals surface area contributed by atoms with Crippen LogP contribution in [0.15, 0.2) is 35.4 Å². The average Bonchev–Trinajstić information content (AvgIpc) is 3.58. The van der Waals surface area contributed by atoms with Crippen LogP contribution >= 0.6 is 0 Å². The molecule has 66 heavy (non-hydrogen) atoms. The fraction of sp³-hybridized carbons (Fsp3) is 0.786. The van der Waals surface area contributed by atoms with Gasteiger partial charge in [0.15, 0.2) is 5.78 Å². The number of carbonyl (C=O) groups excluding carboxylic acids is 3. The second-order valence-corrected chi connectivity index (χ2v) is 25.1. The Balaban J connectivity index is 0.853. The first-order chi connectivity index (χ1) is 31.2. The van der Waals surface area contributed by atoms with E-state index in [0.29, 0.717) is 61.1 Å². The summed E-state index contributed by atoms with van der Waals surface area (Å²) in [5.41, 5.74) is 4.00. The number of carboxylic acid groups (broad SMARTS) is 1. The van der Waals surface area contributed by atoms with E-state index in [2.05, 4.69) is 75.7 Å². The van der Waals surface area contributed by atoms with Crippen molar-refractivity contribution in [3.8, 4) is 0 Å². The van der Waals surface area contributed by atoms with Crippen molar-refractivity contribution >= 4 is 29.3 Å². The van der Waals surface area contributed by atoms with Gasteiger partial charge in [-0.3, -0.25) is 24.1 Å². The number of nitrogens with one attached hydrogen (secondary N) is 1. The third-order valence-electron chi connectivity index (χ3n) is 21.5. The van der Waals surface area contributed by atoms with E-state index in [1.54, 1.807) is 0 Å². The van der Waals surface area contributed by atoms with Crippen LogP contribution in [0.25, 0.3) is 0 Å². The number of ketones is 1. The molecule has 2 saturated heterocycles. The monoisotopic (exact) mass is 910 g/mol. The minimum atomic E-state index is -0.824. The molecular weight excluding hydrogens is 827 g/mol. The van der Waals surface area contributed by atoms with Crippen LogP contribution in [0.3, 0.4) is 0 Å². The van der Waals surface area contributed by atoms with Gasteiger partial charge < -0.3 is 24.8 Å². The number of anilines is 1. The van der Waals surface area contributed by atoms with Gasteiger partial charge in [-0.05, 0) is 164 Å². The number of amides is 1. The molecule has 1 aromatic carbocycles. The van der Waals surface area contributed by atoms with Gasteiger partial charge in [0.05, 0.1) is 31.7 Å². The molecule has 10 atom stereocenters. The number of aliphatic carboxylic acids is 1. The number of nitrogens with zero attached hydrogens (tertiary/aromatic N) is 2. The first kappa shape index (κ1) is 47.8. The summed E-state index contributed by atoms with van der Waals surface area (Å²) >= 11 is 0. The second-order valence-electron chi connectivity index (χ2n) is 25.1. The molecule has 2 aliphatic heterocycles. The molecule has 8 aliphatic rings. The average molecular weight is 910 g/mol. The molecule has 2 unspecified atom stereocenters. The van der Waals surface area contributed by atoms with E-state index in [0.717, 1.165) is 103 Å². The van der Waals surface area contributed by atoms with Crippen molar-refractivity contribution in [2.45, 2.75) is 152 Å². The Bertz CT molecular complexity index is 2080. The number of Topliss-reactive ketones (excluding diaryl/α,β-unsaturated/α-hetero) is 1. The van der Waals surface area contributed by atoms with Gasteiger partial charge in [-0.15, -0.1) is 0 Å². The Morgan fingerprint density at radius 2 is 1.50 bits per heavy atom. The minimum absolute atomic E-state index is 0.00876. The van der Waals surface area contributed by atoms with Crippen molar-refractivity contribution in [1.29, 1.82) is 0 Å². The van der Waals surface area contributed by atoms with E-state index >= 15 is 0 Å². The highest BCUT2D eigenvalue weighted by Gasteiger charge is 2.70. The fourth-order valence-corrected chi connectivity index (χ4v) is 17.2.